The second kappa shape index (κ2) is 12.5. The van der Waals surface area contributed by atoms with Crippen molar-refractivity contribution in [3.05, 3.63) is 132 Å². The molecule has 0 aliphatic heterocycles. The van der Waals surface area contributed by atoms with E-state index in [1.54, 1.807) is 12.1 Å². The van der Waals surface area contributed by atoms with Gasteiger partial charge in [0.1, 0.15) is 21.5 Å². The third-order valence-corrected chi connectivity index (χ3v) is 9.07. The predicted molar refractivity (Wildman–Crippen MR) is 188 cm³/mol. The normalized spacial score (nSPS) is 11.1. The fourth-order valence-corrected chi connectivity index (χ4v) is 6.19. The fraction of sp³-hybridized carbons (Fsp3) is 0.0556. The summed E-state index contributed by atoms with van der Waals surface area (Å²) < 4.78 is 0. The van der Waals surface area contributed by atoms with Gasteiger partial charge in [0.05, 0.1) is 22.8 Å². The molecule has 2 N–H and O–H groups in total. The molecule has 7 rings (SSSR count). The molecule has 7 aromatic rings. The topological polar surface area (TPSA) is 125 Å². The van der Waals surface area contributed by atoms with Gasteiger partial charge in [-0.05, 0) is 74.1 Å². The Kier molecular flexibility index (Phi) is 7.96. The Balaban J connectivity index is 1.10. The largest absolute Gasteiger partial charge is 0.292 e. The second-order valence-corrected chi connectivity index (χ2v) is 12.7. The van der Waals surface area contributed by atoms with Crippen molar-refractivity contribution in [3.8, 4) is 43.9 Å². The zero-order valence-electron chi connectivity index (χ0n) is 24.9. The first-order valence-electron chi connectivity index (χ1n) is 14.5. The highest BCUT2D eigenvalue weighted by atomic mass is 32.2. The molecule has 0 spiro atoms. The lowest BCUT2D eigenvalue weighted by atomic mass is 10.1. The van der Waals surface area contributed by atoms with E-state index in [2.05, 4.69) is 51.4 Å². The van der Waals surface area contributed by atoms with E-state index in [0.717, 1.165) is 45.4 Å². The van der Waals surface area contributed by atoms with Crippen LogP contribution in [0.1, 0.15) is 22.5 Å². The Labute approximate surface area is 273 Å². The molecule has 222 valence electrons. The summed E-state index contributed by atoms with van der Waals surface area (Å²) >= 11 is 2.42. The van der Waals surface area contributed by atoms with Gasteiger partial charge in [-0.2, -0.15) is 0 Å². The lowest BCUT2D eigenvalue weighted by Crippen LogP contribution is -2.06. The lowest BCUT2D eigenvalue weighted by molar-refractivity contribution is 1.08. The lowest BCUT2D eigenvalue weighted by Gasteiger charge is -2.08. The minimum Gasteiger partial charge on any atom is -0.292 e. The van der Waals surface area contributed by atoms with E-state index in [0.29, 0.717) is 32.7 Å². The van der Waals surface area contributed by atoms with Crippen LogP contribution in [0.3, 0.4) is 0 Å². The number of thioether (sulfide) groups is 1. The first kappa shape index (κ1) is 29.3. The summed E-state index contributed by atoms with van der Waals surface area (Å²) in [6.07, 6.45) is 0. The zero-order chi connectivity index (χ0) is 31.6. The highest BCUT2D eigenvalue weighted by Crippen LogP contribution is 2.31. The van der Waals surface area contributed by atoms with Crippen molar-refractivity contribution in [2.45, 2.75) is 13.8 Å². The summed E-state index contributed by atoms with van der Waals surface area (Å²) in [5.74, 6) is 0. The summed E-state index contributed by atoms with van der Waals surface area (Å²) in [5.41, 5.74) is 8.85. The van der Waals surface area contributed by atoms with Gasteiger partial charge in [0.2, 0.25) is 0 Å². The minimum absolute atomic E-state index is 0.138. The first-order chi connectivity index (χ1) is 22.4. The monoisotopic (exact) mass is 634 g/mol. The van der Waals surface area contributed by atoms with Gasteiger partial charge in [-0.25, -0.2) is 19.9 Å². The highest BCUT2D eigenvalue weighted by molar-refractivity contribution is 8.27. The maximum atomic E-state index is 8.71. The standard InChI is InChI=1S/C36H26N8S2/c1-21-9-13-23(14-10-21)26-5-3-7-28(39-26)32(37)45-33(38)29-19-17-25-18-20-31(42-34(25)41-29)36-44-43-35(46-36)30-8-4-6-27(40-30)24-15-11-22(2)12-16-24/h3-20,37-38H,1-2H3. The summed E-state index contributed by atoms with van der Waals surface area (Å²) in [7, 11) is 0. The van der Waals surface area contributed by atoms with Gasteiger partial charge in [0, 0.05) is 16.5 Å². The van der Waals surface area contributed by atoms with Crippen LogP contribution in [0.25, 0.3) is 55.0 Å². The van der Waals surface area contributed by atoms with Gasteiger partial charge in [0.15, 0.2) is 15.7 Å². The van der Waals surface area contributed by atoms with Gasteiger partial charge in [-0.15, -0.1) is 10.2 Å². The van der Waals surface area contributed by atoms with E-state index in [-0.39, 0.29) is 10.1 Å². The maximum Gasteiger partial charge on any atom is 0.166 e. The van der Waals surface area contributed by atoms with Crippen molar-refractivity contribution < 1.29 is 0 Å². The predicted octanol–water partition coefficient (Wildman–Crippen LogP) is 8.64. The van der Waals surface area contributed by atoms with Crippen molar-refractivity contribution in [3.63, 3.8) is 0 Å². The van der Waals surface area contributed by atoms with Crippen molar-refractivity contribution >= 4 is 44.2 Å². The number of rotatable bonds is 6. The Morgan fingerprint density at radius 1 is 0.522 bits per heavy atom. The summed E-state index contributed by atoms with van der Waals surface area (Å²) in [4.78, 5) is 18.9. The molecule has 0 aliphatic rings. The first-order valence-corrected chi connectivity index (χ1v) is 16.1. The molecule has 0 atom stereocenters. The van der Waals surface area contributed by atoms with Crippen LogP contribution in [0.2, 0.25) is 0 Å². The van der Waals surface area contributed by atoms with Crippen LogP contribution in [-0.2, 0) is 0 Å². The number of nitrogens with one attached hydrogen (secondary N) is 2. The number of aromatic nitrogens is 6. The average Bonchev–Trinajstić information content (AvgIpc) is 3.59. The van der Waals surface area contributed by atoms with E-state index in [1.165, 1.54) is 22.5 Å². The molecular weight excluding hydrogens is 609 g/mol. The van der Waals surface area contributed by atoms with Gasteiger partial charge < -0.3 is 0 Å². The quantitative estimate of drug-likeness (QED) is 0.139. The molecule has 8 nitrogen and oxygen atoms in total. The molecule has 0 amide bonds. The number of hydrogen-bond donors (Lipinski definition) is 2. The van der Waals surface area contributed by atoms with E-state index in [9.17, 15) is 0 Å². The van der Waals surface area contributed by atoms with Crippen LogP contribution < -0.4 is 0 Å². The van der Waals surface area contributed by atoms with E-state index in [4.69, 9.17) is 20.8 Å². The Morgan fingerprint density at radius 2 is 1.04 bits per heavy atom. The van der Waals surface area contributed by atoms with E-state index >= 15 is 0 Å². The summed E-state index contributed by atoms with van der Waals surface area (Å²) in [6, 6.07) is 35.4. The molecule has 2 aromatic carbocycles. The number of benzene rings is 2. The van der Waals surface area contributed by atoms with Gasteiger partial charge in [-0.1, -0.05) is 83.1 Å². The van der Waals surface area contributed by atoms with Crippen LogP contribution in [0, 0.1) is 24.7 Å². The van der Waals surface area contributed by atoms with Gasteiger partial charge in [-0.3, -0.25) is 10.8 Å². The Bertz CT molecular complexity index is 2240. The molecule has 46 heavy (non-hydrogen) atoms. The molecule has 5 heterocycles. The molecule has 10 heteroatoms. The molecule has 0 radical (unpaired) electrons. The maximum absolute atomic E-state index is 8.71. The molecule has 0 unspecified atom stereocenters. The van der Waals surface area contributed by atoms with Crippen molar-refractivity contribution in [2.24, 2.45) is 0 Å². The van der Waals surface area contributed by atoms with Crippen molar-refractivity contribution in [2.75, 3.05) is 0 Å². The van der Waals surface area contributed by atoms with Crippen molar-refractivity contribution in [1.29, 1.82) is 10.8 Å². The smallest absolute Gasteiger partial charge is 0.166 e. The number of pyridine rings is 4. The summed E-state index contributed by atoms with van der Waals surface area (Å²) in [6.45, 7) is 4.11. The minimum atomic E-state index is 0.138. The SMILES string of the molecule is Cc1ccc(-c2cccc(C(=N)SC(=N)c3ccc4ccc(-c5nnc(-c6cccc(-c7ccc(C)cc7)n6)s5)nc4n3)n2)cc1. The van der Waals surface area contributed by atoms with Crippen molar-refractivity contribution in [1.82, 2.24) is 30.1 Å². The third-order valence-electron chi connectivity index (χ3n) is 7.28. The molecule has 5 aromatic heterocycles. The fourth-order valence-electron chi connectivity index (χ4n) is 4.77. The van der Waals surface area contributed by atoms with Crippen LogP contribution in [0.15, 0.2) is 109 Å². The third kappa shape index (κ3) is 6.21. The van der Waals surface area contributed by atoms with Gasteiger partial charge in [0.25, 0.3) is 0 Å². The summed E-state index contributed by atoms with van der Waals surface area (Å²) in [5, 5.41) is 28.7. The van der Waals surface area contributed by atoms with Gasteiger partial charge >= 0.3 is 0 Å². The second-order valence-electron chi connectivity index (χ2n) is 10.7. The molecular formula is C36H26N8S2. The molecule has 0 saturated carbocycles. The van der Waals surface area contributed by atoms with E-state index in [1.807, 2.05) is 79.7 Å². The number of aryl methyl sites for hydroxylation is 2. The molecule has 0 saturated heterocycles. The molecule has 0 fully saturated rings. The molecule has 0 bridgehead atoms. The average molecular weight is 635 g/mol. The highest BCUT2D eigenvalue weighted by Gasteiger charge is 2.16. The van der Waals surface area contributed by atoms with Crippen LogP contribution in [-0.4, -0.2) is 40.2 Å². The Hall–Kier alpha value is -5.45. The zero-order valence-corrected chi connectivity index (χ0v) is 26.5. The number of nitrogens with zero attached hydrogens (tertiary/aromatic N) is 6. The van der Waals surface area contributed by atoms with Crippen LogP contribution in [0.5, 0.6) is 0 Å². The Morgan fingerprint density at radius 3 is 1.70 bits per heavy atom. The van der Waals surface area contributed by atoms with Crippen LogP contribution >= 0.6 is 23.1 Å². The number of hydrogen-bond acceptors (Lipinski definition) is 10. The van der Waals surface area contributed by atoms with E-state index < -0.39 is 0 Å². The van der Waals surface area contributed by atoms with Crippen LogP contribution in [0.4, 0.5) is 0 Å². The number of fused-ring (bicyclic) bond motifs is 1. The molecule has 0 aliphatic carbocycles.